The van der Waals surface area contributed by atoms with Crippen molar-refractivity contribution in [2.45, 2.75) is 89.9 Å². The zero-order chi connectivity index (χ0) is 46.5. The molecule has 2 saturated carbocycles. The number of rotatable bonds is 8. The van der Waals surface area contributed by atoms with Gasteiger partial charge in [0, 0.05) is 43.7 Å². The first kappa shape index (κ1) is 41.4. The van der Waals surface area contributed by atoms with Gasteiger partial charge >= 0.3 is 0 Å². The summed E-state index contributed by atoms with van der Waals surface area (Å²) in [4.78, 5) is 5.03. The molecule has 4 heteroatoms. The number of hydrogen-bond acceptors (Lipinski definition) is 4. The summed E-state index contributed by atoms with van der Waals surface area (Å²) in [7, 11) is 0. The van der Waals surface area contributed by atoms with Gasteiger partial charge in [-0.15, -0.1) is 0 Å². The van der Waals surface area contributed by atoms with Gasteiger partial charge in [-0.2, -0.15) is 0 Å². The Labute approximate surface area is 409 Å². The molecule has 0 saturated heterocycles. The van der Waals surface area contributed by atoms with Gasteiger partial charge in [-0.3, -0.25) is 0 Å². The third-order valence-corrected chi connectivity index (χ3v) is 16.4. The first-order valence-electron chi connectivity index (χ1n) is 25.9. The third-order valence-electron chi connectivity index (χ3n) is 16.4. The van der Waals surface area contributed by atoms with Gasteiger partial charge in [-0.05, 0) is 144 Å². The van der Waals surface area contributed by atoms with Crippen molar-refractivity contribution < 1.29 is 8.83 Å². The molecule has 2 aliphatic rings. The van der Waals surface area contributed by atoms with E-state index in [2.05, 4.69) is 194 Å². The van der Waals surface area contributed by atoms with Gasteiger partial charge in [0.2, 0.25) is 0 Å². The molecule has 12 aromatic rings. The highest BCUT2D eigenvalue weighted by atomic mass is 16.3. The zero-order valence-electron chi connectivity index (χ0n) is 40.1. The number of aryl methyl sites for hydroxylation is 2. The lowest BCUT2D eigenvalue weighted by molar-refractivity contribution is 0.445. The Kier molecular flexibility index (Phi) is 9.79. The summed E-state index contributed by atoms with van der Waals surface area (Å²) in [5.41, 5.74) is 15.7. The average Bonchev–Trinajstić information content (AvgIpc) is 4.01. The lowest BCUT2D eigenvalue weighted by Gasteiger charge is -2.33. The maximum atomic E-state index is 7.02. The molecule has 14 rings (SSSR count). The number of para-hydroxylation sites is 6. The Balaban J connectivity index is 1.12. The summed E-state index contributed by atoms with van der Waals surface area (Å²) >= 11 is 0. The fourth-order valence-electron chi connectivity index (χ4n) is 13.1. The highest BCUT2D eigenvalue weighted by molar-refractivity contribution is 6.30. The van der Waals surface area contributed by atoms with Crippen LogP contribution >= 0.6 is 0 Å². The number of hydrogen-bond donors (Lipinski definition) is 0. The van der Waals surface area contributed by atoms with Crippen molar-refractivity contribution in [2.75, 3.05) is 9.80 Å². The third kappa shape index (κ3) is 6.42. The van der Waals surface area contributed by atoms with Crippen LogP contribution in [0.25, 0.3) is 76.2 Å². The van der Waals surface area contributed by atoms with Crippen molar-refractivity contribution in [3.05, 3.63) is 192 Å². The molecule has 0 bridgehead atoms. The van der Waals surface area contributed by atoms with Gasteiger partial charge in [0.1, 0.15) is 11.2 Å². The maximum absolute atomic E-state index is 7.02. The van der Waals surface area contributed by atoms with Gasteiger partial charge in [0.05, 0.1) is 22.7 Å². The normalized spacial score (nSPS) is 15.2. The standard InChI is InChI=1S/C66H56N2O2/c1-41-19-15-29-49-51-31-17-33-57(65(51)69-63(41)49)67(45-25-11-5-12-26-45)59-39-55(43-21-7-3-8-22-43)47-36-38-54-60(40-56(44-23-9-4-10-24-44)48-35-37-53(59)61(47)62(48)54)68(46-27-13-6-14-28-46)58-34-18-32-52-50-30-16-20-42(2)64(50)70-66(52)58/h5-6,11-20,25-40,43-44H,3-4,7-10,21-24H2,1-2H3. The molecule has 0 N–H and O–H groups in total. The van der Waals surface area contributed by atoms with E-state index >= 15 is 0 Å². The SMILES string of the molecule is Cc1cccc2c1oc1c(N(c3ccccc3)c3cc(C4CCCCC4)c4ccc5c(N(c6ccccc6)c6cccc7c6oc6c(C)cccc67)cc(C6CCCCC6)c6ccc3c4c65)cccc12. The number of nitrogens with zero attached hydrogens (tertiary/aromatic N) is 2. The maximum Gasteiger partial charge on any atom is 0.159 e. The molecule has 0 atom stereocenters. The molecule has 0 amide bonds. The van der Waals surface area contributed by atoms with Crippen LogP contribution in [0.5, 0.6) is 0 Å². The van der Waals surface area contributed by atoms with E-state index in [1.807, 2.05) is 0 Å². The van der Waals surface area contributed by atoms with E-state index in [9.17, 15) is 0 Å². The van der Waals surface area contributed by atoms with Gasteiger partial charge in [-0.25, -0.2) is 0 Å². The van der Waals surface area contributed by atoms with Crippen LogP contribution in [-0.2, 0) is 0 Å². The molecule has 2 aromatic heterocycles. The summed E-state index contributed by atoms with van der Waals surface area (Å²) in [5.74, 6) is 0.929. The van der Waals surface area contributed by atoms with Crippen molar-refractivity contribution >= 4 is 110 Å². The number of anilines is 6. The van der Waals surface area contributed by atoms with Crippen LogP contribution in [-0.4, -0.2) is 0 Å². The molecule has 2 fully saturated rings. The van der Waals surface area contributed by atoms with Crippen LogP contribution in [0.4, 0.5) is 34.1 Å². The van der Waals surface area contributed by atoms with Crippen molar-refractivity contribution in [1.82, 2.24) is 0 Å². The zero-order valence-corrected chi connectivity index (χ0v) is 40.1. The molecular weight excluding hydrogens is 853 g/mol. The number of furan rings is 2. The molecule has 70 heavy (non-hydrogen) atoms. The van der Waals surface area contributed by atoms with E-state index in [4.69, 9.17) is 8.83 Å². The minimum absolute atomic E-state index is 0.464. The first-order chi connectivity index (χ1) is 34.6. The predicted octanol–water partition coefficient (Wildman–Crippen LogP) is 20.0. The first-order valence-corrected chi connectivity index (χ1v) is 25.9. The van der Waals surface area contributed by atoms with Crippen molar-refractivity contribution in [2.24, 2.45) is 0 Å². The Hall–Kier alpha value is -7.56. The molecule has 0 aliphatic heterocycles. The summed E-state index contributed by atoms with van der Waals surface area (Å²) in [6, 6.07) is 63.6. The Morgan fingerprint density at radius 3 is 1.11 bits per heavy atom. The van der Waals surface area contributed by atoms with E-state index in [0.717, 1.165) is 77.8 Å². The quantitative estimate of drug-likeness (QED) is 0.142. The molecular formula is C66H56N2O2. The van der Waals surface area contributed by atoms with E-state index in [0.29, 0.717) is 11.8 Å². The Morgan fingerprint density at radius 2 is 0.700 bits per heavy atom. The van der Waals surface area contributed by atoms with E-state index in [1.54, 1.807) is 0 Å². The second kappa shape index (κ2) is 16.6. The molecule has 0 spiro atoms. The average molecular weight is 909 g/mol. The topological polar surface area (TPSA) is 32.8 Å². The summed E-state index contributed by atoms with van der Waals surface area (Å²) in [6.45, 7) is 4.31. The largest absolute Gasteiger partial charge is 0.454 e. The number of fused-ring (bicyclic) bond motifs is 6. The molecule has 342 valence electrons. The minimum Gasteiger partial charge on any atom is -0.454 e. The highest BCUT2D eigenvalue weighted by Gasteiger charge is 2.31. The number of benzene rings is 10. The minimum atomic E-state index is 0.464. The smallest absolute Gasteiger partial charge is 0.159 e. The fraction of sp³-hybridized carbons (Fsp3) is 0.212. The molecule has 0 radical (unpaired) electrons. The van der Waals surface area contributed by atoms with Crippen molar-refractivity contribution in [3.8, 4) is 0 Å². The van der Waals surface area contributed by atoms with Crippen molar-refractivity contribution in [1.29, 1.82) is 0 Å². The molecule has 4 nitrogen and oxygen atoms in total. The molecule has 0 unspecified atom stereocenters. The van der Waals surface area contributed by atoms with Gasteiger partial charge in [0.15, 0.2) is 11.2 Å². The van der Waals surface area contributed by atoms with Crippen LogP contribution in [0.1, 0.15) is 98.3 Å². The van der Waals surface area contributed by atoms with Crippen LogP contribution in [0.3, 0.4) is 0 Å². The van der Waals surface area contributed by atoms with Crippen LogP contribution in [0, 0.1) is 13.8 Å². The summed E-state index contributed by atoms with van der Waals surface area (Å²) in [6.07, 6.45) is 12.5. The van der Waals surface area contributed by atoms with E-state index in [1.165, 1.54) is 119 Å². The molecule has 2 aliphatic carbocycles. The fourth-order valence-corrected chi connectivity index (χ4v) is 13.1. The van der Waals surface area contributed by atoms with Gasteiger partial charge in [-0.1, -0.05) is 160 Å². The summed E-state index contributed by atoms with van der Waals surface area (Å²) in [5, 5.41) is 12.6. The van der Waals surface area contributed by atoms with Gasteiger partial charge < -0.3 is 18.6 Å². The van der Waals surface area contributed by atoms with Crippen LogP contribution < -0.4 is 9.80 Å². The molecule has 2 heterocycles. The highest BCUT2D eigenvalue weighted by Crippen LogP contribution is 2.54. The predicted molar refractivity (Wildman–Crippen MR) is 295 cm³/mol. The second-order valence-corrected chi connectivity index (χ2v) is 20.5. The van der Waals surface area contributed by atoms with E-state index in [-0.39, 0.29) is 0 Å². The second-order valence-electron chi connectivity index (χ2n) is 20.5. The monoisotopic (exact) mass is 908 g/mol. The Bertz CT molecular complexity index is 3690. The molecule has 10 aromatic carbocycles. The lowest BCUT2D eigenvalue weighted by atomic mass is 9.77. The summed E-state index contributed by atoms with van der Waals surface area (Å²) < 4.78 is 14.0. The van der Waals surface area contributed by atoms with Crippen molar-refractivity contribution in [3.63, 3.8) is 0 Å². The lowest BCUT2D eigenvalue weighted by Crippen LogP contribution is -2.14. The Morgan fingerprint density at radius 1 is 0.329 bits per heavy atom. The van der Waals surface area contributed by atoms with Gasteiger partial charge in [0.25, 0.3) is 0 Å². The van der Waals surface area contributed by atoms with Crippen LogP contribution in [0.2, 0.25) is 0 Å². The van der Waals surface area contributed by atoms with Crippen LogP contribution in [0.15, 0.2) is 179 Å². The van der Waals surface area contributed by atoms with E-state index < -0.39 is 0 Å².